The zero-order valence-corrected chi connectivity index (χ0v) is 13.6. The smallest absolute Gasteiger partial charge is 0.227 e. The highest BCUT2D eigenvalue weighted by Crippen LogP contribution is 2.34. The van der Waals surface area contributed by atoms with Gasteiger partial charge in [-0.15, -0.1) is 0 Å². The summed E-state index contributed by atoms with van der Waals surface area (Å²) in [4.78, 5) is 4.67. The van der Waals surface area contributed by atoms with E-state index >= 15 is 0 Å². The second-order valence-corrected chi connectivity index (χ2v) is 5.76. The van der Waals surface area contributed by atoms with Crippen LogP contribution in [0.2, 0.25) is 0 Å². The highest BCUT2D eigenvalue weighted by molar-refractivity contribution is 5.84. The molecule has 1 aromatic heterocycles. The van der Waals surface area contributed by atoms with Gasteiger partial charge in [-0.05, 0) is 53.9 Å². The first kappa shape index (κ1) is 14.5. The lowest BCUT2D eigenvalue weighted by molar-refractivity contribution is 0.415. The Morgan fingerprint density at radius 2 is 1.62 bits per heavy atom. The molecule has 0 aliphatic heterocycles. The summed E-state index contributed by atoms with van der Waals surface area (Å²) in [5, 5.41) is 0. The van der Waals surface area contributed by atoms with Crippen LogP contribution in [0.5, 0.6) is 5.75 Å². The second-order valence-electron chi connectivity index (χ2n) is 5.76. The summed E-state index contributed by atoms with van der Waals surface area (Å²) in [6.07, 6.45) is 0. The quantitative estimate of drug-likeness (QED) is 0.502. The van der Waals surface area contributed by atoms with E-state index in [1.165, 1.54) is 5.56 Å². The predicted molar refractivity (Wildman–Crippen MR) is 96.2 cm³/mol. The molecule has 0 saturated carbocycles. The molecule has 3 nitrogen and oxygen atoms in total. The number of nitrogens with zero attached hydrogens (tertiary/aromatic N) is 1. The van der Waals surface area contributed by atoms with Crippen molar-refractivity contribution in [3.8, 4) is 28.3 Å². The van der Waals surface area contributed by atoms with Gasteiger partial charge in [-0.2, -0.15) is 0 Å². The number of aryl methyl sites for hydroxylation is 1. The van der Waals surface area contributed by atoms with Gasteiger partial charge >= 0.3 is 0 Å². The molecule has 0 fully saturated rings. The van der Waals surface area contributed by atoms with Crippen molar-refractivity contribution in [2.75, 3.05) is 7.11 Å². The lowest BCUT2D eigenvalue weighted by Gasteiger charge is -2.07. The maximum atomic E-state index is 5.98. The fourth-order valence-corrected chi connectivity index (χ4v) is 2.84. The summed E-state index contributed by atoms with van der Waals surface area (Å²) in [5.74, 6) is 1.48. The molecule has 0 bridgehead atoms. The van der Waals surface area contributed by atoms with Gasteiger partial charge in [0.2, 0.25) is 5.89 Å². The third-order valence-electron chi connectivity index (χ3n) is 4.10. The lowest BCUT2D eigenvalue weighted by atomic mass is 9.99. The van der Waals surface area contributed by atoms with Crippen LogP contribution in [0.25, 0.3) is 33.7 Å². The molecule has 0 radical (unpaired) electrons. The van der Waals surface area contributed by atoms with E-state index in [0.29, 0.717) is 5.89 Å². The Bertz CT molecular complexity index is 1000. The molecule has 4 aromatic rings. The van der Waals surface area contributed by atoms with Crippen molar-refractivity contribution >= 4 is 11.1 Å². The molecule has 4 rings (SSSR count). The predicted octanol–water partition coefficient (Wildman–Crippen LogP) is 5.48. The average molecular weight is 315 g/mol. The Morgan fingerprint density at radius 3 is 2.38 bits per heavy atom. The van der Waals surface area contributed by atoms with Crippen LogP contribution in [0.3, 0.4) is 0 Å². The van der Waals surface area contributed by atoms with Crippen LogP contribution >= 0.6 is 0 Å². The Morgan fingerprint density at radius 1 is 0.875 bits per heavy atom. The average Bonchev–Trinajstić information content (AvgIpc) is 3.05. The first-order chi connectivity index (χ1) is 11.7. The van der Waals surface area contributed by atoms with Gasteiger partial charge in [-0.25, -0.2) is 4.98 Å². The minimum atomic E-state index is 0.641. The largest absolute Gasteiger partial charge is 0.497 e. The maximum Gasteiger partial charge on any atom is 0.227 e. The van der Waals surface area contributed by atoms with Crippen molar-refractivity contribution in [3.63, 3.8) is 0 Å². The molecule has 0 N–H and O–H groups in total. The van der Waals surface area contributed by atoms with E-state index in [-0.39, 0.29) is 0 Å². The lowest BCUT2D eigenvalue weighted by Crippen LogP contribution is -1.86. The van der Waals surface area contributed by atoms with Gasteiger partial charge in [0.25, 0.3) is 0 Å². The summed E-state index contributed by atoms with van der Waals surface area (Å²) < 4.78 is 11.2. The fourth-order valence-electron chi connectivity index (χ4n) is 2.84. The molecule has 1 heterocycles. The van der Waals surface area contributed by atoms with Crippen molar-refractivity contribution in [3.05, 3.63) is 72.3 Å². The molecular weight excluding hydrogens is 298 g/mol. The SMILES string of the molecule is COc1ccc(-c2ccccc2-c2nc3cc(C)ccc3o2)cc1. The summed E-state index contributed by atoms with van der Waals surface area (Å²) in [5.41, 5.74) is 6.03. The summed E-state index contributed by atoms with van der Waals surface area (Å²) in [6.45, 7) is 2.05. The number of ether oxygens (including phenoxy) is 1. The number of aromatic nitrogens is 1. The number of hydrogen-bond donors (Lipinski definition) is 0. The van der Waals surface area contributed by atoms with Crippen LogP contribution in [0.1, 0.15) is 5.56 Å². The van der Waals surface area contributed by atoms with Crippen LogP contribution in [0.15, 0.2) is 71.1 Å². The number of benzene rings is 3. The highest BCUT2D eigenvalue weighted by atomic mass is 16.5. The van der Waals surface area contributed by atoms with E-state index in [0.717, 1.165) is 33.5 Å². The first-order valence-electron chi connectivity index (χ1n) is 7.85. The summed E-state index contributed by atoms with van der Waals surface area (Å²) in [6, 6.07) is 22.2. The third-order valence-corrected chi connectivity index (χ3v) is 4.10. The number of hydrogen-bond acceptors (Lipinski definition) is 3. The molecule has 0 unspecified atom stereocenters. The van der Waals surface area contributed by atoms with Crippen molar-refractivity contribution in [2.24, 2.45) is 0 Å². The third kappa shape index (κ3) is 2.54. The van der Waals surface area contributed by atoms with Crippen LogP contribution in [0, 0.1) is 6.92 Å². The van der Waals surface area contributed by atoms with Gasteiger partial charge in [0.1, 0.15) is 11.3 Å². The van der Waals surface area contributed by atoms with Crippen molar-refractivity contribution < 1.29 is 9.15 Å². The second kappa shape index (κ2) is 5.85. The standard InChI is InChI=1S/C21H17NO2/c1-14-7-12-20-19(13-14)22-21(24-20)18-6-4-3-5-17(18)15-8-10-16(23-2)11-9-15/h3-13H,1-2H3. The van der Waals surface area contributed by atoms with Crippen LogP contribution in [-0.2, 0) is 0 Å². The Balaban J connectivity index is 1.85. The van der Waals surface area contributed by atoms with Crippen LogP contribution in [-0.4, -0.2) is 12.1 Å². The molecular formula is C21H17NO2. The molecule has 24 heavy (non-hydrogen) atoms. The van der Waals surface area contributed by atoms with Crippen molar-refractivity contribution in [2.45, 2.75) is 6.92 Å². The number of fused-ring (bicyclic) bond motifs is 1. The summed E-state index contributed by atoms with van der Waals surface area (Å²) in [7, 11) is 1.67. The molecule has 0 aliphatic carbocycles. The number of rotatable bonds is 3. The van der Waals surface area contributed by atoms with Gasteiger partial charge < -0.3 is 9.15 Å². The van der Waals surface area contributed by atoms with Gasteiger partial charge in [0, 0.05) is 5.56 Å². The Kier molecular flexibility index (Phi) is 3.54. The Labute approximate surface area is 140 Å². The van der Waals surface area contributed by atoms with E-state index in [2.05, 4.69) is 18.0 Å². The van der Waals surface area contributed by atoms with Gasteiger partial charge in [0.15, 0.2) is 5.58 Å². The van der Waals surface area contributed by atoms with Crippen molar-refractivity contribution in [1.29, 1.82) is 0 Å². The van der Waals surface area contributed by atoms with E-state index in [9.17, 15) is 0 Å². The molecule has 3 aromatic carbocycles. The van der Waals surface area contributed by atoms with E-state index in [1.54, 1.807) is 7.11 Å². The molecule has 0 spiro atoms. The molecule has 0 amide bonds. The molecule has 0 atom stereocenters. The summed E-state index contributed by atoms with van der Waals surface area (Å²) >= 11 is 0. The zero-order chi connectivity index (χ0) is 16.5. The molecule has 0 aliphatic rings. The monoisotopic (exact) mass is 315 g/mol. The van der Waals surface area contributed by atoms with Crippen LogP contribution < -0.4 is 4.74 Å². The van der Waals surface area contributed by atoms with Gasteiger partial charge in [-0.1, -0.05) is 36.4 Å². The highest BCUT2D eigenvalue weighted by Gasteiger charge is 2.13. The van der Waals surface area contributed by atoms with Gasteiger partial charge in [0.05, 0.1) is 7.11 Å². The number of methoxy groups -OCH3 is 1. The van der Waals surface area contributed by atoms with E-state index in [4.69, 9.17) is 9.15 Å². The van der Waals surface area contributed by atoms with Crippen LogP contribution in [0.4, 0.5) is 0 Å². The minimum Gasteiger partial charge on any atom is -0.497 e. The fraction of sp³-hybridized carbons (Fsp3) is 0.0952. The topological polar surface area (TPSA) is 35.3 Å². The van der Waals surface area contributed by atoms with Gasteiger partial charge in [-0.3, -0.25) is 0 Å². The minimum absolute atomic E-state index is 0.641. The van der Waals surface area contributed by atoms with E-state index in [1.807, 2.05) is 60.7 Å². The molecule has 3 heteroatoms. The normalized spacial score (nSPS) is 10.9. The zero-order valence-electron chi connectivity index (χ0n) is 13.6. The van der Waals surface area contributed by atoms with Crippen molar-refractivity contribution in [1.82, 2.24) is 4.98 Å². The molecule has 118 valence electrons. The van der Waals surface area contributed by atoms with E-state index < -0.39 is 0 Å². The Hall–Kier alpha value is -3.07. The first-order valence-corrected chi connectivity index (χ1v) is 7.85. The molecule has 0 saturated heterocycles. The maximum absolute atomic E-state index is 5.98. The number of oxazole rings is 1.